The summed E-state index contributed by atoms with van der Waals surface area (Å²) in [5.74, 6) is 0.342. The second kappa shape index (κ2) is 8.26. The van der Waals surface area contributed by atoms with Crippen molar-refractivity contribution in [1.29, 1.82) is 0 Å². The molecule has 1 atom stereocenters. The highest BCUT2D eigenvalue weighted by Gasteiger charge is 2.18. The first-order valence-electron chi connectivity index (χ1n) is 6.03. The van der Waals surface area contributed by atoms with Crippen LogP contribution in [0.5, 0.6) is 0 Å². The summed E-state index contributed by atoms with van der Waals surface area (Å²) in [6, 6.07) is 0.911. The molecule has 1 unspecified atom stereocenters. The van der Waals surface area contributed by atoms with E-state index in [1.54, 1.807) is 24.5 Å². The van der Waals surface area contributed by atoms with E-state index in [-0.39, 0.29) is 4.92 Å². The molecule has 1 heterocycles. The van der Waals surface area contributed by atoms with Gasteiger partial charge >= 0.3 is 0 Å². The quantitative estimate of drug-likeness (QED) is 0.207. The first-order valence-corrected chi connectivity index (χ1v) is 7.01. The highest BCUT2D eigenvalue weighted by Crippen LogP contribution is 2.15. The van der Waals surface area contributed by atoms with Crippen LogP contribution in [-0.2, 0) is 0 Å². The number of oxime groups is 1. The SMILES string of the molecule is CC/C(=C\C(CSc1ncccn1)=N/O)C(C)[N+](=O)[O-]. The van der Waals surface area contributed by atoms with Gasteiger partial charge < -0.3 is 5.21 Å². The molecular weight excluding hydrogens is 280 g/mol. The van der Waals surface area contributed by atoms with Gasteiger partial charge in [0.05, 0.1) is 5.71 Å². The van der Waals surface area contributed by atoms with Gasteiger partial charge in [0.15, 0.2) is 5.16 Å². The molecule has 20 heavy (non-hydrogen) atoms. The fraction of sp³-hybridized carbons (Fsp3) is 0.417. The standard InChI is InChI=1S/C12H16N4O3S/c1-3-10(9(2)16(18)19)7-11(15-17)8-20-12-13-5-4-6-14-12/h4-7,9,17H,3,8H2,1-2H3/b10-7+,15-11+. The van der Waals surface area contributed by atoms with Crippen LogP contribution in [0.15, 0.2) is 40.4 Å². The lowest BCUT2D eigenvalue weighted by Gasteiger charge is -2.07. The molecule has 0 aliphatic rings. The van der Waals surface area contributed by atoms with Gasteiger partial charge in [0.2, 0.25) is 6.04 Å². The normalized spacial score (nSPS) is 14.1. The van der Waals surface area contributed by atoms with E-state index in [0.717, 1.165) is 0 Å². The van der Waals surface area contributed by atoms with E-state index in [2.05, 4.69) is 15.1 Å². The van der Waals surface area contributed by atoms with Crippen molar-refractivity contribution in [3.63, 3.8) is 0 Å². The molecule has 1 aromatic heterocycles. The van der Waals surface area contributed by atoms with Crippen molar-refractivity contribution in [2.75, 3.05) is 5.75 Å². The van der Waals surface area contributed by atoms with E-state index in [1.807, 2.05) is 6.92 Å². The molecule has 0 spiro atoms. The van der Waals surface area contributed by atoms with Gasteiger partial charge in [-0.1, -0.05) is 23.8 Å². The van der Waals surface area contributed by atoms with E-state index in [1.165, 1.54) is 18.7 Å². The minimum atomic E-state index is -0.797. The molecule has 0 aromatic carbocycles. The molecule has 0 amide bonds. The smallest absolute Gasteiger partial charge is 0.231 e. The minimum Gasteiger partial charge on any atom is -0.411 e. The highest BCUT2D eigenvalue weighted by atomic mass is 32.2. The Balaban J connectivity index is 2.73. The Kier molecular flexibility index (Phi) is 6.65. The van der Waals surface area contributed by atoms with Crippen LogP contribution in [0, 0.1) is 10.1 Å². The van der Waals surface area contributed by atoms with Crippen molar-refractivity contribution in [3.05, 3.63) is 40.2 Å². The van der Waals surface area contributed by atoms with Gasteiger partial charge in [-0.05, 0) is 18.6 Å². The number of rotatable bonds is 7. The zero-order valence-electron chi connectivity index (χ0n) is 11.3. The van der Waals surface area contributed by atoms with Crippen molar-refractivity contribution < 1.29 is 10.1 Å². The maximum Gasteiger partial charge on any atom is 0.231 e. The third-order valence-corrected chi connectivity index (χ3v) is 3.54. The third kappa shape index (κ3) is 4.96. The topological polar surface area (TPSA) is 102 Å². The van der Waals surface area contributed by atoms with Crippen LogP contribution in [0.4, 0.5) is 0 Å². The molecule has 0 aliphatic carbocycles. The number of hydrogen-bond acceptors (Lipinski definition) is 7. The van der Waals surface area contributed by atoms with Gasteiger partial charge in [0.25, 0.3) is 0 Å². The monoisotopic (exact) mass is 296 g/mol. The molecule has 1 N–H and O–H groups in total. The summed E-state index contributed by atoms with van der Waals surface area (Å²) >= 11 is 1.30. The van der Waals surface area contributed by atoms with Crippen LogP contribution in [0.2, 0.25) is 0 Å². The maximum absolute atomic E-state index is 10.8. The van der Waals surface area contributed by atoms with Gasteiger partial charge in [-0.15, -0.1) is 0 Å². The zero-order valence-corrected chi connectivity index (χ0v) is 12.1. The summed E-state index contributed by atoms with van der Waals surface area (Å²) in [5.41, 5.74) is 0.963. The molecule has 108 valence electrons. The zero-order chi connectivity index (χ0) is 15.0. The van der Waals surface area contributed by atoms with Gasteiger partial charge in [-0.2, -0.15) is 0 Å². The lowest BCUT2D eigenvalue weighted by atomic mass is 10.1. The number of hydrogen-bond donors (Lipinski definition) is 1. The number of thioether (sulfide) groups is 1. The van der Waals surface area contributed by atoms with E-state index in [0.29, 0.717) is 28.6 Å². The lowest BCUT2D eigenvalue weighted by Crippen LogP contribution is -2.18. The molecule has 7 nitrogen and oxygen atoms in total. The maximum atomic E-state index is 10.8. The molecular formula is C12H16N4O3S. The van der Waals surface area contributed by atoms with Gasteiger partial charge in [-0.25, -0.2) is 9.97 Å². The Labute approximate surface area is 121 Å². The van der Waals surface area contributed by atoms with Crippen molar-refractivity contribution in [2.24, 2.45) is 5.16 Å². The first-order chi connectivity index (χ1) is 9.58. The third-order valence-electron chi connectivity index (χ3n) is 2.63. The Morgan fingerprint density at radius 3 is 2.75 bits per heavy atom. The molecule has 0 bridgehead atoms. The van der Waals surface area contributed by atoms with Crippen LogP contribution in [0.1, 0.15) is 20.3 Å². The van der Waals surface area contributed by atoms with Crippen LogP contribution < -0.4 is 0 Å². The summed E-state index contributed by atoms with van der Waals surface area (Å²) in [4.78, 5) is 18.5. The van der Waals surface area contributed by atoms with Crippen LogP contribution in [0.25, 0.3) is 0 Å². The number of nitrogens with zero attached hydrogens (tertiary/aromatic N) is 4. The van der Waals surface area contributed by atoms with Crippen LogP contribution in [-0.4, -0.2) is 37.6 Å². The summed E-state index contributed by atoms with van der Waals surface area (Å²) in [7, 11) is 0. The number of nitro groups is 1. The minimum absolute atomic E-state index is 0.342. The van der Waals surface area contributed by atoms with Crippen molar-refractivity contribution >= 4 is 17.5 Å². The van der Waals surface area contributed by atoms with Gasteiger partial charge in [0.1, 0.15) is 0 Å². The molecule has 0 saturated carbocycles. The van der Waals surface area contributed by atoms with Crippen molar-refractivity contribution in [2.45, 2.75) is 31.5 Å². The molecule has 0 radical (unpaired) electrons. The Bertz CT molecular complexity index is 505. The predicted octanol–water partition coefficient (Wildman–Crippen LogP) is 2.40. The summed E-state index contributed by atoms with van der Waals surface area (Å²) in [6.45, 7) is 3.34. The van der Waals surface area contributed by atoms with Gasteiger partial charge in [-0.3, -0.25) is 10.1 Å². The molecule has 1 aromatic rings. The molecule has 0 fully saturated rings. The highest BCUT2D eigenvalue weighted by molar-refractivity contribution is 7.99. The molecule has 1 rings (SSSR count). The Morgan fingerprint density at radius 1 is 1.60 bits per heavy atom. The van der Waals surface area contributed by atoms with E-state index in [4.69, 9.17) is 5.21 Å². The molecule has 0 saturated heterocycles. The van der Waals surface area contributed by atoms with Gasteiger partial charge in [0, 0.05) is 35.6 Å². The summed E-state index contributed by atoms with van der Waals surface area (Å²) in [5, 5.41) is 23.5. The summed E-state index contributed by atoms with van der Waals surface area (Å²) < 4.78 is 0. The van der Waals surface area contributed by atoms with Crippen molar-refractivity contribution in [1.82, 2.24) is 9.97 Å². The van der Waals surface area contributed by atoms with Crippen molar-refractivity contribution in [3.8, 4) is 0 Å². The second-order valence-corrected chi connectivity index (χ2v) is 4.89. The molecule has 0 aliphatic heterocycles. The van der Waals surface area contributed by atoms with E-state index >= 15 is 0 Å². The fourth-order valence-corrected chi connectivity index (χ4v) is 2.15. The van der Waals surface area contributed by atoms with E-state index in [9.17, 15) is 10.1 Å². The predicted molar refractivity (Wildman–Crippen MR) is 76.8 cm³/mol. The fourth-order valence-electron chi connectivity index (χ4n) is 1.47. The van der Waals surface area contributed by atoms with Crippen LogP contribution >= 0.6 is 11.8 Å². The summed E-state index contributed by atoms with van der Waals surface area (Å²) in [6.07, 6.45) is 5.32. The largest absolute Gasteiger partial charge is 0.411 e. The van der Waals surface area contributed by atoms with Crippen LogP contribution in [0.3, 0.4) is 0 Å². The Hall–Kier alpha value is -1.96. The molecule has 8 heteroatoms. The lowest BCUT2D eigenvalue weighted by molar-refractivity contribution is -0.507. The van der Waals surface area contributed by atoms with E-state index < -0.39 is 6.04 Å². The average Bonchev–Trinajstić information content (AvgIpc) is 2.48. The second-order valence-electron chi connectivity index (χ2n) is 3.95. The Morgan fingerprint density at radius 2 is 2.25 bits per heavy atom. The first kappa shape index (κ1) is 16.1. The number of aromatic nitrogens is 2. The number of allylic oxidation sites excluding steroid dienone is 1. The average molecular weight is 296 g/mol.